The first-order valence-electron chi connectivity index (χ1n) is 4.93. The van der Waals surface area contributed by atoms with Crippen LogP contribution in [0.4, 0.5) is 0 Å². The van der Waals surface area contributed by atoms with E-state index >= 15 is 0 Å². The van der Waals surface area contributed by atoms with Crippen LogP contribution in [0.2, 0.25) is 0 Å². The maximum absolute atomic E-state index is 11.6. The number of carbonyl (C=O) groups is 2. The van der Waals surface area contributed by atoms with E-state index in [2.05, 4.69) is 5.32 Å². The van der Waals surface area contributed by atoms with Crippen molar-refractivity contribution in [2.75, 3.05) is 13.7 Å². The van der Waals surface area contributed by atoms with Crippen molar-refractivity contribution in [3.05, 3.63) is 0 Å². The zero-order valence-corrected chi connectivity index (χ0v) is 8.76. The Morgan fingerprint density at radius 1 is 1.50 bits per heavy atom. The Balaban J connectivity index is 2.62. The van der Waals surface area contributed by atoms with Gasteiger partial charge in [-0.25, -0.2) is 0 Å². The number of hydrogen-bond acceptors (Lipinski definition) is 4. The molecule has 0 aromatic rings. The zero-order chi connectivity index (χ0) is 10.6. The van der Waals surface area contributed by atoms with Crippen LogP contribution in [-0.2, 0) is 14.3 Å². The van der Waals surface area contributed by atoms with Crippen LogP contribution in [0.15, 0.2) is 0 Å². The number of ketones is 1. The number of rotatable bonds is 4. The van der Waals surface area contributed by atoms with E-state index in [0.29, 0.717) is 12.8 Å². The summed E-state index contributed by atoms with van der Waals surface area (Å²) >= 11 is 0. The minimum Gasteiger partial charge on any atom is -0.468 e. The van der Waals surface area contributed by atoms with Gasteiger partial charge in [0.25, 0.3) is 0 Å². The number of methoxy groups -OCH3 is 1. The summed E-state index contributed by atoms with van der Waals surface area (Å²) in [7, 11) is 1.39. The van der Waals surface area contributed by atoms with E-state index in [1.807, 2.05) is 0 Å². The van der Waals surface area contributed by atoms with E-state index in [9.17, 15) is 9.59 Å². The summed E-state index contributed by atoms with van der Waals surface area (Å²) in [5, 5.41) is 3.15. The molecule has 1 aliphatic rings. The molecule has 4 nitrogen and oxygen atoms in total. The van der Waals surface area contributed by atoms with Crippen molar-refractivity contribution in [2.24, 2.45) is 0 Å². The van der Waals surface area contributed by atoms with Gasteiger partial charge in [0.15, 0.2) is 0 Å². The van der Waals surface area contributed by atoms with Crippen molar-refractivity contribution >= 4 is 11.8 Å². The van der Waals surface area contributed by atoms with Crippen LogP contribution in [0.1, 0.15) is 32.6 Å². The molecule has 1 rings (SSSR count). The molecule has 0 amide bonds. The summed E-state index contributed by atoms with van der Waals surface area (Å²) in [5.74, 6) is -0.127. The second kappa shape index (κ2) is 4.55. The SMILES string of the molecule is COC(=O)C1(CCC(C)=O)CCCN1. The van der Waals surface area contributed by atoms with Crippen molar-refractivity contribution in [1.82, 2.24) is 5.32 Å². The number of Topliss-reactive ketones (excluding diaryl/α,β-unsaturated/α-hetero) is 1. The molecule has 1 unspecified atom stereocenters. The second-order valence-corrected chi connectivity index (χ2v) is 3.81. The lowest BCUT2D eigenvalue weighted by Gasteiger charge is -2.25. The van der Waals surface area contributed by atoms with Crippen LogP contribution >= 0.6 is 0 Å². The van der Waals surface area contributed by atoms with Crippen molar-refractivity contribution in [3.8, 4) is 0 Å². The van der Waals surface area contributed by atoms with E-state index in [1.165, 1.54) is 7.11 Å². The fraction of sp³-hybridized carbons (Fsp3) is 0.800. The van der Waals surface area contributed by atoms with Gasteiger partial charge in [0.2, 0.25) is 0 Å². The average Bonchev–Trinajstić information content (AvgIpc) is 2.63. The summed E-state index contributed by atoms with van der Waals surface area (Å²) in [5.41, 5.74) is -0.597. The normalized spacial score (nSPS) is 26.1. The van der Waals surface area contributed by atoms with Gasteiger partial charge in [-0.2, -0.15) is 0 Å². The maximum atomic E-state index is 11.6. The molecule has 1 N–H and O–H groups in total. The maximum Gasteiger partial charge on any atom is 0.326 e. The molecule has 1 heterocycles. The van der Waals surface area contributed by atoms with Gasteiger partial charge >= 0.3 is 5.97 Å². The van der Waals surface area contributed by atoms with E-state index in [4.69, 9.17) is 4.74 Å². The van der Waals surface area contributed by atoms with E-state index in [-0.39, 0.29) is 11.8 Å². The lowest BCUT2D eigenvalue weighted by Crippen LogP contribution is -2.48. The minimum absolute atomic E-state index is 0.113. The molecular weight excluding hydrogens is 182 g/mol. The number of carbonyl (C=O) groups excluding carboxylic acids is 2. The van der Waals surface area contributed by atoms with Gasteiger partial charge in [-0.1, -0.05) is 0 Å². The standard InChI is InChI=1S/C10H17NO3/c1-8(12)4-6-10(9(13)14-2)5-3-7-11-10/h11H,3-7H2,1-2H3. The quantitative estimate of drug-likeness (QED) is 0.675. The zero-order valence-electron chi connectivity index (χ0n) is 8.76. The summed E-state index contributed by atoms with van der Waals surface area (Å²) in [6.07, 6.45) is 2.72. The predicted molar refractivity (Wildman–Crippen MR) is 51.9 cm³/mol. The molecule has 4 heteroatoms. The fourth-order valence-corrected chi connectivity index (χ4v) is 1.88. The highest BCUT2D eigenvalue weighted by Gasteiger charge is 2.41. The van der Waals surface area contributed by atoms with E-state index in [0.717, 1.165) is 19.4 Å². The molecule has 0 bridgehead atoms. The van der Waals surface area contributed by atoms with Gasteiger partial charge in [-0.15, -0.1) is 0 Å². The Kier molecular flexibility index (Phi) is 3.63. The molecular formula is C10H17NO3. The van der Waals surface area contributed by atoms with Crippen LogP contribution in [0, 0.1) is 0 Å². The number of nitrogens with one attached hydrogen (secondary N) is 1. The Hall–Kier alpha value is -0.900. The van der Waals surface area contributed by atoms with Crippen LogP contribution in [0.3, 0.4) is 0 Å². The van der Waals surface area contributed by atoms with Crippen molar-refractivity contribution in [3.63, 3.8) is 0 Å². The van der Waals surface area contributed by atoms with Crippen LogP contribution in [0.25, 0.3) is 0 Å². The monoisotopic (exact) mass is 199 g/mol. The van der Waals surface area contributed by atoms with Crippen molar-refractivity contribution in [1.29, 1.82) is 0 Å². The Labute approximate surface area is 84.0 Å². The van der Waals surface area contributed by atoms with Gasteiger partial charge in [0.1, 0.15) is 11.3 Å². The van der Waals surface area contributed by atoms with Gasteiger partial charge in [0, 0.05) is 6.42 Å². The summed E-state index contributed by atoms with van der Waals surface area (Å²) in [6, 6.07) is 0. The molecule has 0 aliphatic carbocycles. The molecule has 1 saturated heterocycles. The average molecular weight is 199 g/mol. The van der Waals surface area contributed by atoms with Crippen LogP contribution in [0.5, 0.6) is 0 Å². The summed E-state index contributed by atoms with van der Waals surface area (Å²) in [6.45, 7) is 2.37. The molecule has 1 aliphatic heterocycles. The highest BCUT2D eigenvalue weighted by Crippen LogP contribution is 2.26. The third-order valence-electron chi connectivity index (χ3n) is 2.72. The molecule has 0 aromatic heterocycles. The summed E-state index contributed by atoms with van der Waals surface area (Å²) < 4.78 is 4.76. The lowest BCUT2D eigenvalue weighted by atomic mass is 9.91. The number of esters is 1. The second-order valence-electron chi connectivity index (χ2n) is 3.81. The summed E-state index contributed by atoms with van der Waals surface area (Å²) in [4.78, 5) is 22.4. The third kappa shape index (κ3) is 2.32. The molecule has 1 atom stereocenters. The first-order chi connectivity index (χ1) is 6.60. The highest BCUT2D eigenvalue weighted by atomic mass is 16.5. The first-order valence-corrected chi connectivity index (χ1v) is 4.93. The predicted octanol–water partition coefficient (Wildman–Crippen LogP) is 0.651. The van der Waals surface area contributed by atoms with Crippen LogP contribution < -0.4 is 5.32 Å². The molecule has 0 spiro atoms. The number of hydrogen-bond donors (Lipinski definition) is 1. The van der Waals surface area contributed by atoms with E-state index < -0.39 is 5.54 Å². The molecule has 0 aromatic carbocycles. The Morgan fingerprint density at radius 2 is 2.21 bits per heavy atom. The van der Waals surface area contributed by atoms with Crippen LogP contribution in [-0.4, -0.2) is 30.9 Å². The Bertz CT molecular complexity index is 232. The lowest BCUT2D eigenvalue weighted by molar-refractivity contribution is -0.148. The van der Waals surface area contributed by atoms with Gasteiger partial charge < -0.3 is 14.8 Å². The molecule has 80 valence electrons. The molecule has 0 radical (unpaired) electrons. The minimum atomic E-state index is -0.597. The fourth-order valence-electron chi connectivity index (χ4n) is 1.88. The smallest absolute Gasteiger partial charge is 0.326 e. The van der Waals surface area contributed by atoms with Gasteiger partial charge in [-0.3, -0.25) is 4.79 Å². The topological polar surface area (TPSA) is 55.4 Å². The van der Waals surface area contributed by atoms with Crippen molar-refractivity contribution in [2.45, 2.75) is 38.1 Å². The first kappa shape index (κ1) is 11.2. The molecule has 0 saturated carbocycles. The van der Waals surface area contributed by atoms with Gasteiger partial charge in [-0.05, 0) is 32.7 Å². The number of ether oxygens (including phenoxy) is 1. The molecule has 14 heavy (non-hydrogen) atoms. The van der Waals surface area contributed by atoms with Gasteiger partial charge in [0.05, 0.1) is 7.11 Å². The Morgan fingerprint density at radius 3 is 2.64 bits per heavy atom. The van der Waals surface area contributed by atoms with E-state index in [1.54, 1.807) is 6.92 Å². The highest BCUT2D eigenvalue weighted by molar-refractivity contribution is 5.83. The van der Waals surface area contributed by atoms with Crippen molar-refractivity contribution < 1.29 is 14.3 Å². The largest absolute Gasteiger partial charge is 0.468 e. The molecule has 1 fully saturated rings. The third-order valence-corrected chi connectivity index (χ3v) is 2.72.